The van der Waals surface area contributed by atoms with Crippen LogP contribution in [0.15, 0.2) is 42.5 Å². The van der Waals surface area contributed by atoms with Gasteiger partial charge in [-0.05, 0) is 44.0 Å². The van der Waals surface area contributed by atoms with Crippen LogP contribution in [0.25, 0.3) is 0 Å². The number of benzene rings is 2. The van der Waals surface area contributed by atoms with E-state index < -0.39 is 6.10 Å². The predicted molar refractivity (Wildman–Crippen MR) is 107 cm³/mol. The summed E-state index contributed by atoms with van der Waals surface area (Å²) in [5, 5.41) is 3.70. The molecule has 0 aliphatic carbocycles. The predicted octanol–water partition coefficient (Wildman–Crippen LogP) is 4.77. The highest BCUT2D eigenvalue weighted by Gasteiger charge is 2.15. The van der Waals surface area contributed by atoms with Gasteiger partial charge in [0.25, 0.3) is 5.91 Å². The third kappa shape index (κ3) is 6.29. The maximum absolute atomic E-state index is 12.1. The van der Waals surface area contributed by atoms with E-state index in [1.165, 1.54) is 5.56 Å². The Labute approximate surface area is 159 Å². The highest BCUT2D eigenvalue weighted by Crippen LogP contribution is 2.21. The zero-order chi connectivity index (χ0) is 18.2. The lowest BCUT2D eigenvalue weighted by atomic mass is 10.1. The van der Waals surface area contributed by atoms with Gasteiger partial charge in [0.1, 0.15) is 5.75 Å². The van der Waals surface area contributed by atoms with Crippen molar-refractivity contribution in [1.82, 2.24) is 5.32 Å². The Hall–Kier alpha value is -1.65. The van der Waals surface area contributed by atoms with E-state index in [-0.39, 0.29) is 5.91 Å². The Morgan fingerprint density at radius 2 is 2.00 bits per heavy atom. The molecule has 3 nitrogen and oxygen atoms in total. The van der Waals surface area contributed by atoms with Crippen LogP contribution >= 0.6 is 23.4 Å². The molecule has 2 aromatic carbocycles. The number of halogens is 1. The van der Waals surface area contributed by atoms with Crippen LogP contribution in [0.2, 0.25) is 5.02 Å². The molecule has 1 atom stereocenters. The summed E-state index contributed by atoms with van der Waals surface area (Å²) in [6, 6.07) is 13.8. The molecule has 0 bridgehead atoms. The van der Waals surface area contributed by atoms with Crippen LogP contribution in [0.3, 0.4) is 0 Å². The standard InChI is InChI=1S/C20H24ClNO2S/c1-14-8-9-19(15(2)12-14)24-16(3)20(23)22-10-11-25-13-17-6-4-5-7-18(17)21/h4-9,12,16H,10-11,13H2,1-3H3,(H,22,23)/t16-/m1/s1. The van der Waals surface area contributed by atoms with Crippen LogP contribution in [0.5, 0.6) is 5.75 Å². The van der Waals surface area contributed by atoms with E-state index >= 15 is 0 Å². The second-order valence-corrected chi connectivity index (χ2v) is 7.48. The Morgan fingerprint density at radius 3 is 2.72 bits per heavy atom. The molecule has 0 saturated carbocycles. The molecule has 134 valence electrons. The van der Waals surface area contributed by atoms with Crippen molar-refractivity contribution in [3.05, 3.63) is 64.2 Å². The van der Waals surface area contributed by atoms with Crippen molar-refractivity contribution in [2.75, 3.05) is 12.3 Å². The number of carbonyl (C=O) groups excluding carboxylic acids is 1. The van der Waals surface area contributed by atoms with Crippen LogP contribution < -0.4 is 10.1 Å². The molecule has 0 aromatic heterocycles. The van der Waals surface area contributed by atoms with Crippen LogP contribution in [0.1, 0.15) is 23.6 Å². The number of hydrogen-bond acceptors (Lipinski definition) is 3. The minimum atomic E-state index is -0.519. The first-order chi connectivity index (χ1) is 12.0. The SMILES string of the molecule is Cc1ccc(O[C@H](C)C(=O)NCCSCc2ccccc2Cl)c(C)c1. The van der Waals surface area contributed by atoms with Crippen LogP contribution in [0, 0.1) is 13.8 Å². The molecule has 1 amide bonds. The summed E-state index contributed by atoms with van der Waals surface area (Å²) in [5.74, 6) is 2.32. The van der Waals surface area contributed by atoms with Gasteiger partial charge < -0.3 is 10.1 Å². The summed E-state index contributed by atoms with van der Waals surface area (Å²) < 4.78 is 5.77. The van der Waals surface area contributed by atoms with Crippen molar-refractivity contribution in [3.63, 3.8) is 0 Å². The molecule has 0 saturated heterocycles. The molecule has 2 aromatic rings. The average molecular weight is 378 g/mol. The molecular formula is C20H24ClNO2S. The number of amides is 1. The van der Waals surface area contributed by atoms with Gasteiger partial charge in [-0.3, -0.25) is 4.79 Å². The summed E-state index contributed by atoms with van der Waals surface area (Å²) in [7, 11) is 0. The first-order valence-corrected chi connectivity index (χ1v) is 9.83. The monoisotopic (exact) mass is 377 g/mol. The number of carbonyl (C=O) groups is 1. The summed E-state index contributed by atoms with van der Waals surface area (Å²) in [4.78, 5) is 12.1. The highest BCUT2D eigenvalue weighted by molar-refractivity contribution is 7.98. The van der Waals surface area contributed by atoms with Crippen molar-refractivity contribution in [2.24, 2.45) is 0 Å². The van der Waals surface area contributed by atoms with Gasteiger partial charge in [-0.25, -0.2) is 0 Å². The van der Waals surface area contributed by atoms with E-state index in [4.69, 9.17) is 16.3 Å². The Balaban J connectivity index is 1.70. The van der Waals surface area contributed by atoms with Crippen LogP contribution in [0.4, 0.5) is 0 Å². The lowest BCUT2D eigenvalue weighted by Gasteiger charge is -2.16. The van der Waals surface area contributed by atoms with Crippen LogP contribution in [-0.4, -0.2) is 24.3 Å². The zero-order valence-corrected chi connectivity index (χ0v) is 16.4. The molecule has 2 rings (SSSR count). The Bertz CT molecular complexity index is 721. The lowest BCUT2D eigenvalue weighted by Crippen LogP contribution is -2.37. The normalized spacial score (nSPS) is 11.8. The van der Waals surface area contributed by atoms with Gasteiger partial charge in [0, 0.05) is 23.1 Å². The number of aryl methyl sites for hydroxylation is 2. The minimum absolute atomic E-state index is 0.0988. The fraction of sp³-hybridized carbons (Fsp3) is 0.350. The number of rotatable bonds is 8. The summed E-state index contributed by atoms with van der Waals surface area (Å²) in [6.45, 7) is 6.39. The highest BCUT2D eigenvalue weighted by atomic mass is 35.5. The zero-order valence-electron chi connectivity index (χ0n) is 14.8. The summed E-state index contributed by atoms with van der Waals surface area (Å²) in [6.07, 6.45) is -0.519. The van der Waals surface area contributed by atoms with E-state index in [1.54, 1.807) is 18.7 Å². The smallest absolute Gasteiger partial charge is 0.260 e. The van der Waals surface area contributed by atoms with Gasteiger partial charge >= 0.3 is 0 Å². The lowest BCUT2D eigenvalue weighted by molar-refractivity contribution is -0.127. The molecule has 1 N–H and O–H groups in total. The molecule has 0 radical (unpaired) electrons. The van der Waals surface area contributed by atoms with Gasteiger partial charge in [0.05, 0.1) is 0 Å². The number of hydrogen-bond donors (Lipinski definition) is 1. The maximum Gasteiger partial charge on any atom is 0.260 e. The van der Waals surface area contributed by atoms with E-state index in [1.807, 2.05) is 56.3 Å². The van der Waals surface area contributed by atoms with Gasteiger partial charge in [-0.15, -0.1) is 0 Å². The quantitative estimate of drug-likeness (QED) is 0.673. The van der Waals surface area contributed by atoms with Gasteiger partial charge in [-0.1, -0.05) is 47.5 Å². The van der Waals surface area contributed by atoms with Crippen molar-refractivity contribution in [1.29, 1.82) is 0 Å². The van der Waals surface area contributed by atoms with Crippen molar-refractivity contribution >= 4 is 29.3 Å². The Morgan fingerprint density at radius 1 is 1.24 bits per heavy atom. The van der Waals surface area contributed by atoms with Gasteiger partial charge in [0.15, 0.2) is 6.10 Å². The second kappa shape index (κ2) is 9.73. The third-order valence-corrected chi connectivity index (χ3v) is 5.14. The first kappa shape index (κ1) is 19.7. The maximum atomic E-state index is 12.1. The van der Waals surface area contributed by atoms with Crippen molar-refractivity contribution in [3.8, 4) is 5.75 Å². The van der Waals surface area contributed by atoms with E-state index in [0.717, 1.165) is 33.4 Å². The molecular weight excluding hydrogens is 354 g/mol. The van der Waals surface area contributed by atoms with Gasteiger partial charge in [-0.2, -0.15) is 11.8 Å². The number of ether oxygens (including phenoxy) is 1. The molecule has 0 fully saturated rings. The fourth-order valence-corrected chi connectivity index (χ4v) is 3.51. The molecule has 0 aliphatic rings. The van der Waals surface area contributed by atoms with Crippen LogP contribution in [-0.2, 0) is 10.5 Å². The summed E-state index contributed by atoms with van der Waals surface area (Å²) >= 11 is 7.87. The first-order valence-electron chi connectivity index (χ1n) is 8.30. The molecule has 0 aliphatic heterocycles. The Kier molecular flexibility index (Phi) is 7.66. The molecule has 5 heteroatoms. The van der Waals surface area contributed by atoms with E-state index in [0.29, 0.717) is 6.54 Å². The minimum Gasteiger partial charge on any atom is -0.481 e. The third-order valence-electron chi connectivity index (χ3n) is 3.76. The largest absolute Gasteiger partial charge is 0.481 e. The van der Waals surface area contributed by atoms with Gasteiger partial charge in [0.2, 0.25) is 0 Å². The van der Waals surface area contributed by atoms with E-state index in [2.05, 4.69) is 5.32 Å². The molecule has 0 unspecified atom stereocenters. The topological polar surface area (TPSA) is 38.3 Å². The number of thioether (sulfide) groups is 1. The van der Waals surface area contributed by atoms with E-state index in [9.17, 15) is 4.79 Å². The molecule has 0 heterocycles. The second-order valence-electron chi connectivity index (χ2n) is 5.96. The van der Waals surface area contributed by atoms with Crippen molar-refractivity contribution in [2.45, 2.75) is 32.6 Å². The van der Waals surface area contributed by atoms with Crippen molar-refractivity contribution < 1.29 is 9.53 Å². The fourth-order valence-electron chi connectivity index (χ4n) is 2.36. The average Bonchev–Trinajstić information content (AvgIpc) is 2.58. The number of nitrogens with one attached hydrogen (secondary N) is 1. The molecule has 25 heavy (non-hydrogen) atoms. The summed E-state index contributed by atoms with van der Waals surface area (Å²) in [5.41, 5.74) is 3.33. The molecule has 0 spiro atoms.